The molecule has 0 radical (unpaired) electrons. The van der Waals surface area contributed by atoms with Crippen LogP contribution < -0.4 is 14.8 Å². The average molecular weight is 365 g/mol. The number of amides is 1. The van der Waals surface area contributed by atoms with Gasteiger partial charge >= 0.3 is 6.09 Å². The molecule has 144 valence electrons. The first-order valence-electron chi connectivity index (χ1n) is 8.95. The zero-order chi connectivity index (χ0) is 18.6. The summed E-state index contributed by atoms with van der Waals surface area (Å²) in [5.41, 5.74) is 0.144. The molecule has 1 atom stereocenters. The summed E-state index contributed by atoms with van der Waals surface area (Å²) in [5.74, 6) is 1.28. The number of carbonyl (C=O) groups is 1. The molecule has 0 aromatic carbocycles. The fraction of sp³-hybridized carbons (Fsp3) is 0.667. The molecule has 0 saturated carbocycles. The predicted molar refractivity (Wildman–Crippen MR) is 94.5 cm³/mol. The Hall–Kier alpha value is -2.06. The van der Waals surface area contributed by atoms with Gasteiger partial charge in [0.25, 0.3) is 0 Å². The van der Waals surface area contributed by atoms with E-state index in [1.807, 2.05) is 26.8 Å². The van der Waals surface area contributed by atoms with Gasteiger partial charge in [-0.05, 0) is 20.8 Å². The molecule has 2 aliphatic rings. The number of morpholine rings is 1. The number of fused-ring (bicyclic) bond motifs is 1. The molecule has 2 aliphatic heterocycles. The lowest BCUT2D eigenvalue weighted by Crippen LogP contribution is -2.47. The fourth-order valence-electron chi connectivity index (χ4n) is 2.78. The SMILES string of the molecule is CC(C)(C)OC(=O)N(Cc1cc2c(cn1)OCCO2)CC1CNCCO1. The third-order valence-electron chi connectivity index (χ3n) is 3.92. The molecule has 1 fully saturated rings. The highest BCUT2D eigenvalue weighted by molar-refractivity contribution is 5.68. The van der Waals surface area contributed by atoms with Crippen molar-refractivity contribution in [2.24, 2.45) is 0 Å². The Kier molecular flexibility index (Phi) is 5.83. The van der Waals surface area contributed by atoms with Crippen LogP contribution in [0, 0.1) is 0 Å². The normalized spacial score (nSPS) is 19.7. The van der Waals surface area contributed by atoms with E-state index >= 15 is 0 Å². The summed E-state index contributed by atoms with van der Waals surface area (Å²) in [6.07, 6.45) is 1.17. The molecule has 8 heteroatoms. The van der Waals surface area contributed by atoms with Crippen LogP contribution in [0.1, 0.15) is 26.5 Å². The first-order valence-corrected chi connectivity index (χ1v) is 8.95. The van der Waals surface area contributed by atoms with Gasteiger partial charge in [0, 0.05) is 19.2 Å². The van der Waals surface area contributed by atoms with E-state index < -0.39 is 5.60 Å². The zero-order valence-electron chi connectivity index (χ0n) is 15.6. The summed E-state index contributed by atoms with van der Waals surface area (Å²) in [6, 6.07) is 1.81. The Morgan fingerprint density at radius 3 is 2.77 bits per heavy atom. The van der Waals surface area contributed by atoms with Crippen molar-refractivity contribution in [3.8, 4) is 11.5 Å². The zero-order valence-corrected chi connectivity index (χ0v) is 15.6. The van der Waals surface area contributed by atoms with E-state index in [9.17, 15) is 4.79 Å². The standard InChI is InChI=1S/C18H27N3O5/c1-18(2,3)26-17(22)21(12-14-9-19-4-5-23-14)11-13-8-15-16(10-20-13)25-7-6-24-15/h8,10,14,19H,4-7,9,11-12H2,1-3H3. The Labute approximate surface area is 153 Å². The Balaban J connectivity index is 1.72. The van der Waals surface area contributed by atoms with E-state index in [-0.39, 0.29) is 12.2 Å². The first kappa shape index (κ1) is 18.7. The lowest BCUT2D eigenvalue weighted by atomic mass is 10.2. The van der Waals surface area contributed by atoms with Crippen LogP contribution in [0.3, 0.4) is 0 Å². The smallest absolute Gasteiger partial charge is 0.410 e. The molecule has 0 bridgehead atoms. The van der Waals surface area contributed by atoms with Crippen LogP contribution in [0.5, 0.6) is 11.5 Å². The summed E-state index contributed by atoms with van der Waals surface area (Å²) in [5, 5.41) is 3.28. The van der Waals surface area contributed by atoms with Gasteiger partial charge in [0.15, 0.2) is 11.5 Å². The third kappa shape index (κ3) is 5.22. The van der Waals surface area contributed by atoms with E-state index in [0.29, 0.717) is 56.6 Å². The molecule has 1 unspecified atom stereocenters. The molecule has 1 amide bonds. The van der Waals surface area contributed by atoms with Crippen LogP contribution in [-0.2, 0) is 16.0 Å². The summed E-state index contributed by atoms with van der Waals surface area (Å²) in [6.45, 7) is 9.48. The number of pyridine rings is 1. The van der Waals surface area contributed by atoms with E-state index in [4.69, 9.17) is 18.9 Å². The van der Waals surface area contributed by atoms with Gasteiger partial charge in [-0.25, -0.2) is 4.79 Å². The highest BCUT2D eigenvalue weighted by atomic mass is 16.6. The second kappa shape index (κ2) is 8.09. The lowest BCUT2D eigenvalue weighted by molar-refractivity contribution is -0.0145. The van der Waals surface area contributed by atoms with Crippen LogP contribution >= 0.6 is 0 Å². The second-order valence-corrected chi connectivity index (χ2v) is 7.38. The summed E-state index contributed by atoms with van der Waals surface area (Å²) < 4.78 is 22.4. The molecule has 0 aliphatic carbocycles. The minimum Gasteiger partial charge on any atom is -0.486 e. The van der Waals surface area contributed by atoms with E-state index in [1.54, 1.807) is 11.1 Å². The van der Waals surface area contributed by atoms with Gasteiger partial charge in [-0.2, -0.15) is 0 Å². The minimum absolute atomic E-state index is 0.0755. The third-order valence-corrected chi connectivity index (χ3v) is 3.92. The molecular formula is C18H27N3O5. The fourth-order valence-corrected chi connectivity index (χ4v) is 2.78. The number of hydrogen-bond donors (Lipinski definition) is 1. The summed E-state index contributed by atoms with van der Waals surface area (Å²) >= 11 is 0. The number of ether oxygens (including phenoxy) is 4. The number of carbonyl (C=O) groups excluding carboxylic acids is 1. The molecule has 0 spiro atoms. The molecule has 1 aromatic heterocycles. The van der Waals surface area contributed by atoms with Crippen molar-refractivity contribution in [2.75, 3.05) is 39.5 Å². The number of nitrogens with zero attached hydrogens (tertiary/aromatic N) is 2. The van der Waals surface area contributed by atoms with Crippen LogP contribution in [0.2, 0.25) is 0 Å². The maximum Gasteiger partial charge on any atom is 0.410 e. The number of aromatic nitrogens is 1. The Morgan fingerprint density at radius 2 is 2.08 bits per heavy atom. The molecule has 1 saturated heterocycles. The molecule has 3 heterocycles. The number of nitrogens with one attached hydrogen (secondary N) is 1. The van der Waals surface area contributed by atoms with Gasteiger partial charge in [-0.3, -0.25) is 9.88 Å². The summed E-state index contributed by atoms with van der Waals surface area (Å²) in [7, 11) is 0. The maximum absolute atomic E-state index is 12.7. The molecular weight excluding hydrogens is 338 g/mol. The summed E-state index contributed by atoms with van der Waals surface area (Å²) in [4.78, 5) is 18.7. The van der Waals surface area contributed by atoms with Gasteiger partial charge in [0.2, 0.25) is 0 Å². The largest absolute Gasteiger partial charge is 0.486 e. The van der Waals surface area contributed by atoms with Crippen molar-refractivity contribution in [2.45, 2.75) is 39.0 Å². The lowest BCUT2D eigenvalue weighted by Gasteiger charge is -2.32. The number of hydrogen-bond acceptors (Lipinski definition) is 7. The quantitative estimate of drug-likeness (QED) is 0.867. The van der Waals surface area contributed by atoms with Crippen LogP contribution in [0.25, 0.3) is 0 Å². The monoisotopic (exact) mass is 365 g/mol. The maximum atomic E-state index is 12.7. The van der Waals surface area contributed by atoms with Crippen LogP contribution in [0.4, 0.5) is 4.79 Å². The van der Waals surface area contributed by atoms with Crippen molar-refractivity contribution in [3.05, 3.63) is 18.0 Å². The van der Waals surface area contributed by atoms with E-state index in [2.05, 4.69) is 10.3 Å². The highest BCUT2D eigenvalue weighted by Gasteiger charge is 2.27. The first-order chi connectivity index (χ1) is 12.4. The van der Waals surface area contributed by atoms with Crippen molar-refractivity contribution in [3.63, 3.8) is 0 Å². The Bertz CT molecular complexity index is 626. The van der Waals surface area contributed by atoms with E-state index in [0.717, 1.165) is 6.54 Å². The molecule has 8 nitrogen and oxygen atoms in total. The van der Waals surface area contributed by atoms with Gasteiger partial charge in [0.1, 0.15) is 18.8 Å². The van der Waals surface area contributed by atoms with Crippen molar-refractivity contribution >= 4 is 6.09 Å². The van der Waals surface area contributed by atoms with E-state index in [1.165, 1.54) is 0 Å². The number of rotatable bonds is 4. The van der Waals surface area contributed by atoms with Crippen molar-refractivity contribution in [1.29, 1.82) is 0 Å². The van der Waals surface area contributed by atoms with Crippen molar-refractivity contribution in [1.82, 2.24) is 15.2 Å². The highest BCUT2D eigenvalue weighted by Crippen LogP contribution is 2.29. The average Bonchev–Trinajstić information content (AvgIpc) is 2.60. The Morgan fingerprint density at radius 1 is 1.31 bits per heavy atom. The topological polar surface area (TPSA) is 82.2 Å². The van der Waals surface area contributed by atoms with Crippen molar-refractivity contribution < 1.29 is 23.7 Å². The van der Waals surface area contributed by atoms with Gasteiger partial charge in [-0.1, -0.05) is 0 Å². The van der Waals surface area contributed by atoms with Gasteiger partial charge in [-0.15, -0.1) is 0 Å². The van der Waals surface area contributed by atoms with Gasteiger partial charge in [0.05, 0.1) is 37.7 Å². The predicted octanol–water partition coefficient (Wildman–Crippen LogP) is 1.58. The van der Waals surface area contributed by atoms with Crippen LogP contribution in [0.15, 0.2) is 12.3 Å². The van der Waals surface area contributed by atoms with Crippen LogP contribution in [-0.4, -0.2) is 67.1 Å². The molecule has 26 heavy (non-hydrogen) atoms. The molecule has 1 N–H and O–H groups in total. The molecule has 1 aromatic rings. The minimum atomic E-state index is -0.568. The van der Waals surface area contributed by atoms with Gasteiger partial charge < -0.3 is 24.3 Å². The second-order valence-electron chi connectivity index (χ2n) is 7.38. The molecule has 3 rings (SSSR count).